The van der Waals surface area contributed by atoms with Gasteiger partial charge < -0.3 is 15.4 Å². The van der Waals surface area contributed by atoms with Crippen LogP contribution in [0, 0.1) is 0 Å². The van der Waals surface area contributed by atoms with Gasteiger partial charge in [0.15, 0.2) is 6.61 Å². The molecule has 2 unspecified atom stereocenters. The summed E-state index contributed by atoms with van der Waals surface area (Å²) >= 11 is 0. The van der Waals surface area contributed by atoms with E-state index in [4.69, 9.17) is 0 Å². The topological polar surface area (TPSA) is 63.2 Å². The number of aromatic nitrogens is 1. The first-order valence-corrected chi connectivity index (χ1v) is 7.67. The highest BCUT2D eigenvalue weighted by Crippen LogP contribution is 2.35. The smallest absolute Gasteiger partial charge is 0.421 e. The Kier molecular flexibility index (Phi) is 5.81. The highest BCUT2D eigenvalue weighted by Gasteiger charge is 2.42. The monoisotopic (exact) mass is 367 g/mol. The van der Waals surface area contributed by atoms with Crippen molar-refractivity contribution < 1.29 is 31.5 Å². The Labute approximate surface area is 140 Å². The highest BCUT2D eigenvalue weighted by atomic mass is 19.4. The summed E-state index contributed by atoms with van der Waals surface area (Å²) in [5.41, 5.74) is -1.28. The summed E-state index contributed by atoms with van der Waals surface area (Å²) in [7, 11) is 0. The molecule has 1 aliphatic rings. The fourth-order valence-corrected chi connectivity index (χ4v) is 2.50. The van der Waals surface area contributed by atoms with E-state index in [0.29, 0.717) is 25.5 Å². The highest BCUT2D eigenvalue weighted by molar-refractivity contribution is 5.83. The van der Waals surface area contributed by atoms with E-state index in [-0.39, 0.29) is 6.04 Å². The molecule has 0 spiro atoms. The summed E-state index contributed by atoms with van der Waals surface area (Å²) in [6.45, 7) is 0.913. The molecular formula is C15H18F5N3O2. The van der Waals surface area contributed by atoms with Crippen LogP contribution in [0.5, 0.6) is 5.88 Å². The van der Waals surface area contributed by atoms with Crippen LogP contribution in [0.3, 0.4) is 0 Å². The standard InChI is InChI=1S/C15H18F5N3O2/c1-9-7-10(4-6-21-9)23-13(24)14(16,17)8-25-12-11(15(18,19)20)3-2-5-22-12/h2-3,5,9-10,21H,4,6-8H2,1H3,(H,23,24). The molecule has 0 aromatic carbocycles. The molecule has 1 saturated heterocycles. The van der Waals surface area contributed by atoms with Crippen LogP contribution in [0.2, 0.25) is 0 Å². The SMILES string of the molecule is CC1CC(NC(=O)C(F)(F)COc2ncccc2C(F)(F)F)CCN1. The quantitative estimate of drug-likeness (QED) is 0.785. The molecular weight excluding hydrogens is 349 g/mol. The van der Waals surface area contributed by atoms with Crippen molar-refractivity contribution in [2.75, 3.05) is 13.2 Å². The van der Waals surface area contributed by atoms with E-state index >= 15 is 0 Å². The Morgan fingerprint density at radius 2 is 2.12 bits per heavy atom. The van der Waals surface area contributed by atoms with E-state index in [2.05, 4.69) is 20.4 Å². The van der Waals surface area contributed by atoms with Crippen LogP contribution in [-0.4, -0.2) is 42.0 Å². The van der Waals surface area contributed by atoms with Gasteiger partial charge in [-0.05, 0) is 38.4 Å². The summed E-state index contributed by atoms with van der Waals surface area (Å²) in [6.07, 6.45) is -2.84. The number of hydrogen-bond donors (Lipinski definition) is 2. The van der Waals surface area contributed by atoms with E-state index in [9.17, 15) is 26.7 Å². The lowest BCUT2D eigenvalue weighted by Gasteiger charge is -2.29. The number of hydrogen-bond acceptors (Lipinski definition) is 4. The number of alkyl halides is 5. The van der Waals surface area contributed by atoms with Crippen LogP contribution >= 0.6 is 0 Å². The molecule has 0 bridgehead atoms. The fraction of sp³-hybridized carbons (Fsp3) is 0.600. The number of rotatable bonds is 5. The number of piperidine rings is 1. The van der Waals surface area contributed by atoms with E-state index in [1.54, 1.807) is 0 Å². The molecule has 1 aliphatic heterocycles. The molecule has 2 rings (SSSR count). The van der Waals surface area contributed by atoms with Crippen LogP contribution in [0.1, 0.15) is 25.3 Å². The predicted octanol–water partition coefficient (Wildman–Crippen LogP) is 2.37. The zero-order valence-electron chi connectivity index (χ0n) is 13.4. The summed E-state index contributed by atoms with van der Waals surface area (Å²) < 4.78 is 70.7. The molecule has 1 fully saturated rings. The zero-order chi connectivity index (χ0) is 18.7. The summed E-state index contributed by atoms with van der Waals surface area (Å²) in [4.78, 5) is 15.1. The molecule has 2 heterocycles. The van der Waals surface area contributed by atoms with Crippen molar-refractivity contribution in [2.24, 2.45) is 0 Å². The van der Waals surface area contributed by atoms with Crippen LogP contribution in [0.25, 0.3) is 0 Å². The second-order valence-corrected chi connectivity index (χ2v) is 5.90. The maximum absolute atomic E-state index is 13.9. The molecule has 1 aromatic heterocycles. The van der Waals surface area contributed by atoms with Gasteiger partial charge in [-0.3, -0.25) is 4.79 Å². The number of carbonyl (C=O) groups excluding carboxylic acids is 1. The van der Waals surface area contributed by atoms with E-state index < -0.39 is 42.1 Å². The van der Waals surface area contributed by atoms with Crippen molar-refractivity contribution in [3.63, 3.8) is 0 Å². The van der Waals surface area contributed by atoms with Crippen LogP contribution in [-0.2, 0) is 11.0 Å². The number of ether oxygens (including phenoxy) is 1. The molecule has 140 valence electrons. The molecule has 0 aliphatic carbocycles. The normalized spacial score (nSPS) is 21.7. The van der Waals surface area contributed by atoms with Crippen molar-refractivity contribution in [3.05, 3.63) is 23.9 Å². The van der Waals surface area contributed by atoms with Gasteiger partial charge in [0.2, 0.25) is 5.88 Å². The number of nitrogens with one attached hydrogen (secondary N) is 2. The average Bonchev–Trinajstić information content (AvgIpc) is 2.52. The maximum atomic E-state index is 13.9. The largest absolute Gasteiger partial charge is 0.470 e. The van der Waals surface area contributed by atoms with E-state index in [1.807, 2.05) is 6.92 Å². The number of carbonyl (C=O) groups is 1. The Bertz CT molecular complexity index is 609. The minimum atomic E-state index is -4.80. The van der Waals surface area contributed by atoms with Gasteiger partial charge in [0.25, 0.3) is 5.91 Å². The fourth-order valence-electron chi connectivity index (χ4n) is 2.50. The van der Waals surface area contributed by atoms with Crippen molar-refractivity contribution >= 4 is 5.91 Å². The van der Waals surface area contributed by atoms with Gasteiger partial charge in [0, 0.05) is 18.3 Å². The minimum absolute atomic E-state index is 0.0757. The molecule has 5 nitrogen and oxygen atoms in total. The number of nitrogens with zero attached hydrogens (tertiary/aromatic N) is 1. The zero-order valence-corrected chi connectivity index (χ0v) is 13.4. The molecule has 25 heavy (non-hydrogen) atoms. The van der Waals surface area contributed by atoms with Gasteiger partial charge in [0.1, 0.15) is 5.56 Å². The van der Waals surface area contributed by atoms with Gasteiger partial charge >= 0.3 is 12.1 Å². The summed E-state index contributed by atoms with van der Waals surface area (Å²) in [6, 6.07) is 1.33. The van der Waals surface area contributed by atoms with Crippen LogP contribution in [0.4, 0.5) is 22.0 Å². The third-order valence-corrected chi connectivity index (χ3v) is 3.76. The van der Waals surface area contributed by atoms with Gasteiger partial charge in [-0.1, -0.05) is 0 Å². The molecule has 2 N–H and O–H groups in total. The van der Waals surface area contributed by atoms with Crippen molar-refractivity contribution in [1.82, 2.24) is 15.6 Å². The molecule has 2 atom stereocenters. The van der Waals surface area contributed by atoms with Gasteiger partial charge in [-0.25, -0.2) is 4.98 Å². The molecule has 10 heteroatoms. The van der Waals surface area contributed by atoms with Gasteiger partial charge in [0.05, 0.1) is 0 Å². The lowest BCUT2D eigenvalue weighted by Crippen LogP contribution is -2.52. The summed E-state index contributed by atoms with van der Waals surface area (Å²) in [5, 5.41) is 5.33. The number of halogens is 5. The summed E-state index contributed by atoms with van der Waals surface area (Å²) in [5.74, 6) is -6.54. The first-order valence-electron chi connectivity index (χ1n) is 7.67. The maximum Gasteiger partial charge on any atom is 0.421 e. The van der Waals surface area contributed by atoms with Gasteiger partial charge in [-0.2, -0.15) is 22.0 Å². The second-order valence-electron chi connectivity index (χ2n) is 5.90. The Hall–Kier alpha value is -1.97. The lowest BCUT2D eigenvalue weighted by atomic mass is 10.0. The van der Waals surface area contributed by atoms with Crippen LogP contribution < -0.4 is 15.4 Å². The van der Waals surface area contributed by atoms with Crippen molar-refractivity contribution in [1.29, 1.82) is 0 Å². The van der Waals surface area contributed by atoms with Gasteiger partial charge in [-0.15, -0.1) is 0 Å². The third kappa shape index (κ3) is 5.25. The minimum Gasteiger partial charge on any atom is -0.470 e. The first kappa shape index (κ1) is 19.4. The Morgan fingerprint density at radius 1 is 1.40 bits per heavy atom. The molecule has 0 saturated carbocycles. The Morgan fingerprint density at radius 3 is 2.76 bits per heavy atom. The second kappa shape index (κ2) is 7.51. The van der Waals surface area contributed by atoms with Crippen molar-refractivity contribution in [2.45, 2.75) is 43.9 Å². The average molecular weight is 367 g/mol. The lowest BCUT2D eigenvalue weighted by molar-refractivity contribution is -0.152. The van der Waals surface area contributed by atoms with Crippen molar-refractivity contribution in [3.8, 4) is 5.88 Å². The van der Waals surface area contributed by atoms with E-state index in [1.165, 1.54) is 0 Å². The third-order valence-electron chi connectivity index (χ3n) is 3.76. The number of pyridine rings is 1. The Balaban J connectivity index is 1.98. The van der Waals surface area contributed by atoms with Crippen LogP contribution in [0.15, 0.2) is 18.3 Å². The number of amides is 1. The molecule has 1 aromatic rings. The predicted molar refractivity (Wildman–Crippen MR) is 78.3 cm³/mol. The molecule has 0 radical (unpaired) electrons. The first-order chi connectivity index (χ1) is 11.6. The molecule has 1 amide bonds. The van der Waals surface area contributed by atoms with E-state index in [0.717, 1.165) is 12.3 Å².